The molecule has 4 heteroatoms. The summed E-state index contributed by atoms with van der Waals surface area (Å²) >= 11 is 0. The molecule has 18 heavy (non-hydrogen) atoms. The molecule has 0 unspecified atom stereocenters. The van der Waals surface area contributed by atoms with Crippen molar-refractivity contribution >= 4 is 16.8 Å². The normalized spacial score (nSPS) is 10.3. The van der Waals surface area contributed by atoms with Gasteiger partial charge in [-0.2, -0.15) is 0 Å². The minimum Gasteiger partial charge on any atom is -0.482 e. The van der Waals surface area contributed by atoms with E-state index in [9.17, 15) is 9.59 Å². The number of hydrogen-bond donors (Lipinski definition) is 0. The highest BCUT2D eigenvalue weighted by molar-refractivity contribution is 6.04. The molecule has 0 saturated heterocycles. The summed E-state index contributed by atoms with van der Waals surface area (Å²) in [7, 11) is 0. The van der Waals surface area contributed by atoms with E-state index in [1.165, 1.54) is 13.0 Å². The second-order valence-electron chi connectivity index (χ2n) is 3.78. The van der Waals surface area contributed by atoms with E-state index in [4.69, 9.17) is 9.15 Å². The van der Waals surface area contributed by atoms with Crippen LogP contribution in [0.5, 0.6) is 5.75 Å². The molecule has 92 valence electrons. The van der Waals surface area contributed by atoms with E-state index in [0.29, 0.717) is 16.5 Å². The van der Waals surface area contributed by atoms with E-state index in [1.54, 1.807) is 24.3 Å². The van der Waals surface area contributed by atoms with E-state index in [1.807, 2.05) is 0 Å². The van der Waals surface area contributed by atoms with Crippen molar-refractivity contribution in [3.05, 3.63) is 52.9 Å². The highest BCUT2D eigenvalue weighted by atomic mass is 16.5. The van der Waals surface area contributed by atoms with Crippen LogP contribution in [-0.4, -0.2) is 12.4 Å². The summed E-state index contributed by atoms with van der Waals surface area (Å²) in [6.07, 6.45) is 1.54. The molecule has 1 aromatic carbocycles. The summed E-state index contributed by atoms with van der Waals surface area (Å²) in [4.78, 5) is 23.1. The van der Waals surface area contributed by atoms with E-state index >= 15 is 0 Å². The molecule has 0 saturated carbocycles. The number of Topliss-reactive ketones (excluding diaryl/α,β-unsaturated/α-hetero) is 1. The molecule has 2 aromatic rings. The topological polar surface area (TPSA) is 56.5 Å². The SMILES string of the molecule is C=CCOc1cc2cccc(C(C)=O)c2oc1=O. The van der Waals surface area contributed by atoms with E-state index in [0.717, 1.165) is 0 Å². The molecule has 0 aliphatic heterocycles. The fraction of sp³-hybridized carbons (Fsp3) is 0.143. The largest absolute Gasteiger partial charge is 0.482 e. The minimum atomic E-state index is -0.599. The van der Waals surface area contributed by atoms with Crippen LogP contribution in [-0.2, 0) is 0 Å². The first-order valence-corrected chi connectivity index (χ1v) is 5.45. The van der Waals surface area contributed by atoms with Gasteiger partial charge in [-0.3, -0.25) is 4.79 Å². The number of hydrogen-bond acceptors (Lipinski definition) is 4. The summed E-state index contributed by atoms with van der Waals surface area (Å²) in [6.45, 7) is 5.16. The molecule has 0 fully saturated rings. The Morgan fingerprint density at radius 3 is 2.94 bits per heavy atom. The van der Waals surface area contributed by atoms with Crippen LogP contribution >= 0.6 is 0 Å². The Kier molecular flexibility index (Phi) is 3.28. The Bertz CT molecular complexity index is 667. The van der Waals surface area contributed by atoms with E-state index in [-0.39, 0.29) is 18.1 Å². The highest BCUT2D eigenvalue weighted by Crippen LogP contribution is 2.21. The third-order valence-corrected chi connectivity index (χ3v) is 2.46. The summed E-state index contributed by atoms with van der Waals surface area (Å²) in [6, 6.07) is 6.68. The van der Waals surface area contributed by atoms with Crippen LogP contribution in [0.1, 0.15) is 17.3 Å². The monoisotopic (exact) mass is 244 g/mol. The third-order valence-electron chi connectivity index (χ3n) is 2.46. The molecule has 1 aromatic heterocycles. The molecular weight excluding hydrogens is 232 g/mol. The maximum absolute atomic E-state index is 11.7. The van der Waals surface area contributed by atoms with Gasteiger partial charge in [0.15, 0.2) is 5.78 Å². The van der Waals surface area contributed by atoms with Crippen molar-refractivity contribution in [3.8, 4) is 5.75 Å². The first-order valence-electron chi connectivity index (χ1n) is 5.45. The Morgan fingerprint density at radius 2 is 2.28 bits per heavy atom. The number of fused-ring (bicyclic) bond motifs is 1. The molecule has 4 nitrogen and oxygen atoms in total. The van der Waals surface area contributed by atoms with Crippen molar-refractivity contribution in [3.63, 3.8) is 0 Å². The minimum absolute atomic E-state index is 0.114. The number of carbonyl (C=O) groups excluding carboxylic acids is 1. The first kappa shape index (κ1) is 12.1. The number of carbonyl (C=O) groups is 1. The maximum Gasteiger partial charge on any atom is 0.379 e. The molecule has 0 aliphatic carbocycles. The fourth-order valence-corrected chi connectivity index (χ4v) is 1.65. The van der Waals surface area contributed by atoms with Gasteiger partial charge in [-0.05, 0) is 19.1 Å². The smallest absolute Gasteiger partial charge is 0.379 e. The van der Waals surface area contributed by atoms with Gasteiger partial charge in [0.2, 0.25) is 5.75 Å². The van der Waals surface area contributed by atoms with Gasteiger partial charge < -0.3 is 9.15 Å². The number of ketones is 1. The predicted octanol–water partition coefficient (Wildman–Crippen LogP) is 2.56. The molecule has 0 aliphatic rings. The van der Waals surface area contributed by atoms with Crippen molar-refractivity contribution in [1.82, 2.24) is 0 Å². The van der Waals surface area contributed by atoms with Crippen molar-refractivity contribution in [1.29, 1.82) is 0 Å². The lowest BCUT2D eigenvalue weighted by atomic mass is 10.1. The zero-order valence-corrected chi connectivity index (χ0v) is 9.93. The van der Waals surface area contributed by atoms with Gasteiger partial charge in [-0.25, -0.2) is 4.79 Å². The summed E-state index contributed by atoms with van der Waals surface area (Å²) < 4.78 is 10.3. The first-order chi connectivity index (χ1) is 8.63. The van der Waals surface area contributed by atoms with Crippen LogP contribution in [0.2, 0.25) is 0 Å². The van der Waals surface area contributed by atoms with Gasteiger partial charge in [-0.1, -0.05) is 24.8 Å². The van der Waals surface area contributed by atoms with Crippen LogP contribution in [0.25, 0.3) is 11.0 Å². The van der Waals surface area contributed by atoms with Gasteiger partial charge in [0.1, 0.15) is 12.2 Å². The van der Waals surface area contributed by atoms with E-state index in [2.05, 4.69) is 6.58 Å². The zero-order valence-electron chi connectivity index (χ0n) is 9.93. The Labute approximate surface area is 103 Å². The van der Waals surface area contributed by atoms with Gasteiger partial charge in [-0.15, -0.1) is 0 Å². The van der Waals surface area contributed by atoms with Crippen molar-refractivity contribution in [2.75, 3.05) is 6.61 Å². The number of ether oxygens (including phenoxy) is 1. The molecule has 0 N–H and O–H groups in total. The van der Waals surface area contributed by atoms with Crippen molar-refractivity contribution in [2.45, 2.75) is 6.92 Å². The van der Waals surface area contributed by atoms with Gasteiger partial charge >= 0.3 is 5.63 Å². The Morgan fingerprint density at radius 1 is 1.50 bits per heavy atom. The molecule has 2 rings (SSSR count). The number of benzene rings is 1. The summed E-state index contributed by atoms with van der Waals surface area (Å²) in [5, 5.41) is 0.654. The molecule has 0 bridgehead atoms. The lowest BCUT2D eigenvalue weighted by Crippen LogP contribution is -2.07. The molecular formula is C14H12O4. The zero-order chi connectivity index (χ0) is 13.1. The third kappa shape index (κ3) is 2.18. The lowest BCUT2D eigenvalue weighted by molar-refractivity contribution is 0.101. The van der Waals surface area contributed by atoms with Gasteiger partial charge in [0.05, 0.1) is 5.56 Å². The molecule has 0 amide bonds. The molecule has 0 spiro atoms. The van der Waals surface area contributed by atoms with Crippen LogP contribution < -0.4 is 10.4 Å². The van der Waals surface area contributed by atoms with E-state index < -0.39 is 5.63 Å². The number of rotatable bonds is 4. The molecule has 1 heterocycles. The Hall–Kier alpha value is -2.36. The summed E-state index contributed by atoms with van der Waals surface area (Å²) in [5.74, 6) is -0.0355. The average molecular weight is 244 g/mol. The lowest BCUT2D eigenvalue weighted by Gasteiger charge is -2.05. The molecule has 0 atom stereocenters. The van der Waals surface area contributed by atoms with Crippen LogP contribution in [0.4, 0.5) is 0 Å². The van der Waals surface area contributed by atoms with Gasteiger partial charge in [0.25, 0.3) is 0 Å². The standard InChI is InChI=1S/C14H12O4/c1-3-7-17-12-8-10-5-4-6-11(9(2)15)13(10)18-14(12)16/h3-6,8H,1,7H2,2H3. The Balaban J connectivity index is 2.63. The molecule has 0 radical (unpaired) electrons. The van der Waals surface area contributed by atoms with Gasteiger partial charge in [0, 0.05) is 5.39 Å². The average Bonchev–Trinajstić information content (AvgIpc) is 2.35. The fourth-order valence-electron chi connectivity index (χ4n) is 1.65. The maximum atomic E-state index is 11.7. The second-order valence-corrected chi connectivity index (χ2v) is 3.78. The quantitative estimate of drug-likeness (QED) is 0.471. The predicted molar refractivity (Wildman–Crippen MR) is 68.2 cm³/mol. The summed E-state index contributed by atoms with van der Waals surface area (Å²) in [5.41, 5.74) is 0.0823. The van der Waals surface area contributed by atoms with Crippen LogP contribution in [0, 0.1) is 0 Å². The highest BCUT2D eigenvalue weighted by Gasteiger charge is 2.11. The number of para-hydroxylation sites is 1. The van der Waals surface area contributed by atoms with Crippen molar-refractivity contribution in [2.24, 2.45) is 0 Å². The second kappa shape index (κ2) is 4.87. The van der Waals surface area contributed by atoms with Crippen LogP contribution in [0.15, 0.2) is 46.1 Å². The van der Waals surface area contributed by atoms with Crippen LogP contribution in [0.3, 0.4) is 0 Å². The van der Waals surface area contributed by atoms with Crippen molar-refractivity contribution < 1.29 is 13.9 Å².